The molecule has 0 heterocycles. The Morgan fingerprint density at radius 3 is 2.50 bits per heavy atom. The molecule has 0 aliphatic heterocycles. The molecular formula is C14H14Cl2NO5-. The van der Waals surface area contributed by atoms with E-state index in [1.807, 2.05) is 0 Å². The first-order chi connectivity index (χ1) is 10.3. The molecular weight excluding hydrogens is 333 g/mol. The van der Waals surface area contributed by atoms with E-state index in [1.54, 1.807) is 12.1 Å². The SMILES string of the molecule is COC(=O)C[C@@H](NC(=O)CCC(=O)[O-])c1ccc(Cl)cc1Cl. The fourth-order valence-electron chi connectivity index (χ4n) is 1.75. The maximum absolute atomic E-state index is 11.8. The van der Waals surface area contributed by atoms with Gasteiger partial charge in [-0.05, 0) is 24.1 Å². The second kappa shape index (κ2) is 8.60. The van der Waals surface area contributed by atoms with Gasteiger partial charge in [0.1, 0.15) is 0 Å². The van der Waals surface area contributed by atoms with Crippen molar-refractivity contribution in [3.63, 3.8) is 0 Å². The summed E-state index contributed by atoms with van der Waals surface area (Å²) in [5.74, 6) is -2.41. The molecule has 1 N–H and O–H groups in total. The summed E-state index contributed by atoms with van der Waals surface area (Å²) in [5, 5.41) is 13.6. The van der Waals surface area contributed by atoms with Crippen LogP contribution in [0.1, 0.15) is 30.9 Å². The normalized spacial score (nSPS) is 11.6. The number of amides is 1. The molecule has 0 saturated carbocycles. The van der Waals surface area contributed by atoms with Gasteiger partial charge in [-0.2, -0.15) is 0 Å². The van der Waals surface area contributed by atoms with E-state index in [9.17, 15) is 19.5 Å². The third-order valence-electron chi connectivity index (χ3n) is 2.83. The molecule has 0 spiro atoms. The summed E-state index contributed by atoms with van der Waals surface area (Å²) in [4.78, 5) is 33.6. The van der Waals surface area contributed by atoms with Crippen molar-refractivity contribution in [2.75, 3.05) is 7.11 Å². The molecule has 0 saturated heterocycles. The molecule has 0 aromatic heterocycles. The minimum absolute atomic E-state index is 0.144. The van der Waals surface area contributed by atoms with Gasteiger partial charge in [-0.15, -0.1) is 0 Å². The van der Waals surface area contributed by atoms with Gasteiger partial charge in [-0.1, -0.05) is 29.3 Å². The zero-order valence-corrected chi connectivity index (χ0v) is 13.2. The Morgan fingerprint density at radius 2 is 1.95 bits per heavy atom. The number of carboxylic acids is 1. The fraction of sp³-hybridized carbons (Fsp3) is 0.357. The summed E-state index contributed by atoms with van der Waals surface area (Å²) in [6.07, 6.45) is -0.814. The minimum Gasteiger partial charge on any atom is -0.550 e. The van der Waals surface area contributed by atoms with Gasteiger partial charge in [-0.3, -0.25) is 9.59 Å². The Morgan fingerprint density at radius 1 is 1.27 bits per heavy atom. The van der Waals surface area contributed by atoms with Gasteiger partial charge in [0, 0.05) is 22.4 Å². The van der Waals surface area contributed by atoms with Crippen molar-refractivity contribution in [3.8, 4) is 0 Å². The molecule has 1 rings (SSSR count). The average Bonchev–Trinajstić information content (AvgIpc) is 2.44. The van der Waals surface area contributed by atoms with Crippen LogP contribution in [0.4, 0.5) is 0 Å². The van der Waals surface area contributed by atoms with E-state index in [1.165, 1.54) is 13.2 Å². The molecule has 0 radical (unpaired) electrons. The quantitative estimate of drug-likeness (QED) is 0.749. The number of carbonyl (C=O) groups excluding carboxylic acids is 3. The van der Waals surface area contributed by atoms with Crippen molar-refractivity contribution in [3.05, 3.63) is 33.8 Å². The number of carboxylic acid groups (broad SMARTS) is 1. The lowest BCUT2D eigenvalue weighted by Gasteiger charge is -2.19. The molecule has 1 aromatic carbocycles. The summed E-state index contributed by atoms with van der Waals surface area (Å²) in [6.45, 7) is 0. The van der Waals surface area contributed by atoms with Crippen LogP contribution in [0.2, 0.25) is 10.0 Å². The highest BCUT2D eigenvalue weighted by atomic mass is 35.5. The number of benzene rings is 1. The molecule has 6 nitrogen and oxygen atoms in total. The van der Waals surface area contributed by atoms with Crippen LogP contribution in [0.5, 0.6) is 0 Å². The summed E-state index contributed by atoms with van der Waals surface area (Å²) >= 11 is 11.9. The lowest BCUT2D eigenvalue weighted by molar-refractivity contribution is -0.305. The van der Waals surface area contributed by atoms with Crippen molar-refractivity contribution in [1.29, 1.82) is 0 Å². The summed E-state index contributed by atoms with van der Waals surface area (Å²) in [7, 11) is 1.22. The molecule has 1 aromatic rings. The summed E-state index contributed by atoms with van der Waals surface area (Å²) < 4.78 is 4.58. The number of halogens is 2. The van der Waals surface area contributed by atoms with Crippen LogP contribution in [0.15, 0.2) is 18.2 Å². The molecule has 0 aliphatic carbocycles. The van der Waals surface area contributed by atoms with Crippen molar-refractivity contribution in [2.24, 2.45) is 0 Å². The van der Waals surface area contributed by atoms with Gasteiger partial charge < -0.3 is 20.0 Å². The average molecular weight is 347 g/mol. The predicted octanol–water partition coefficient (Wildman–Crippen LogP) is 1.24. The van der Waals surface area contributed by atoms with Gasteiger partial charge in [0.15, 0.2) is 0 Å². The Hall–Kier alpha value is -1.79. The van der Waals surface area contributed by atoms with E-state index in [2.05, 4.69) is 10.1 Å². The topological polar surface area (TPSA) is 95.5 Å². The highest BCUT2D eigenvalue weighted by Gasteiger charge is 2.21. The second-order valence-electron chi connectivity index (χ2n) is 4.44. The van der Waals surface area contributed by atoms with Crippen LogP contribution < -0.4 is 10.4 Å². The molecule has 1 atom stereocenters. The van der Waals surface area contributed by atoms with Crippen LogP contribution >= 0.6 is 23.2 Å². The van der Waals surface area contributed by atoms with Crippen molar-refractivity contribution in [2.45, 2.75) is 25.3 Å². The maximum Gasteiger partial charge on any atom is 0.307 e. The highest BCUT2D eigenvalue weighted by Crippen LogP contribution is 2.28. The van der Waals surface area contributed by atoms with Gasteiger partial charge in [0.25, 0.3) is 0 Å². The van der Waals surface area contributed by atoms with E-state index < -0.39 is 30.3 Å². The standard InChI is InChI=1S/C14H15Cl2NO5/c1-22-14(21)7-11(17-12(18)4-5-13(19)20)9-3-2-8(15)6-10(9)16/h2-3,6,11H,4-5,7H2,1H3,(H,17,18)(H,19,20)/p-1/t11-/m1/s1. The molecule has 0 fully saturated rings. The van der Waals surface area contributed by atoms with Crippen LogP contribution in [0, 0.1) is 0 Å². The molecule has 0 unspecified atom stereocenters. The molecule has 1 amide bonds. The number of rotatable bonds is 7. The first-order valence-electron chi connectivity index (χ1n) is 6.34. The first-order valence-corrected chi connectivity index (χ1v) is 7.10. The van der Waals surface area contributed by atoms with E-state index >= 15 is 0 Å². The van der Waals surface area contributed by atoms with Crippen LogP contribution in [0.25, 0.3) is 0 Å². The number of methoxy groups -OCH3 is 1. The van der Waals surface area contributed by atoms with Gasteiger partial charge in [0.05, 0.1) is 19.6 Å². The fourth-order valence-corrected chi connectivity index (χ4v) is 2.30. The van der Waals surface area contributed by atoms with E-state index in [0.29, 0.717) is 10.6 Å². The smallest absolute Gasteiger partial charge is 0.307 e. The summed E-state index contributed by atoms with van der Waals surface area (Å²) in [6, 6.07) is 3.89. The van der Waals surface area contributed by atoms with Crippen molar-refractivity contribution >= 4 is 41.0 Å². The monoisotopic (exact) mass is 346 g/mol. The Labute approximate surface area is 137 Å². The Kier molecular flexibility index (Phi) is 7.14. The predicted molar refractivity (Wildman–Crippen MR) is 78.2 cm³/mol. The maximum atomic E-state index is 11.8. The summed E-state index contributed by atoms with van der Waals surface area (Å²) in [5.41, 5.74) is 0.485. The van der Waals surface area contributed by atoms with Crippen LogP contribution in [-0.4, -0.2) is 25.0 Å². The lowest BCUT2D eigenvalue weighted by Crippen LogP contribution is -2.32. The number of hydrogen-bond acceptors (Lipinski definition) is 5. The number of nitrogens with one attached hydrogen (secondary N) is 1. The zero-order chi connectivity index (χ0) is 16.7. The van der Waals surface area contributed by atoms with E-state index in [4.69, 9.17) is 23.2 Å². The third kappa shape index (κ3) is 5.91. The lowest BCUT2D eigenvalue weighted by atomic mass is 10.0. The molecule has 22 heavy (non-hydrogen) atoms. The Bertz CT molecular complexity index is 576. The largest absolute Gasteiger partial charge is 0.550 e. The van der Waals surface area contributed by atoms with E-state index in [-0.39, 0.29) is 17.9 Å². The third-order valence-corrected chi connectivity index (χ3v) is 3.39. The van der Waals surface area contributed by atoms with Crippen molar-refractivity contribution < 1.29 is 24.2 Å². The zero-order valence-electron chi connectivity index (χ0n) is 11.7. The Balaban J connectivity index is 2.90. The first kappa shape index (κ1) is 18.3. The molecule has 120 valence electrons. The number of carbonyl (C=O) groups is 3. The van der Waals surface area contributed by atoms with Crippen LogP contribution in [0.3, 0.4) is 0 Å². The minimum atomic E-state index is -1.33. The number of hydrogen-bond donors (Lipinski definition) is 1. The highest BCUT2D eigenvalue weighted by molar-refractivity contribution is 6.35. The number of aliphatic carboxylic acids is 1. The molecule has 0 bridgehead atoms. The van der Waals surface area contributed by atoms with Crippen LogP contribution in [-0.2, 0) is 19.1 Å². The molecule has 0 aliphatic rings. The van der Waals surface area contributed by atoms with Gasteiger partial charge in [0.2, 0.25) is 5.91 Å². The number of esters is 1. The van der Waals surface area contributed by atoms with Gasteiger partial charge in [-0.25, -0.2) is 0 Å². The van der Waals surface area contributed by atoms with E-state index in [0.717, 1.165) is 0 Å². The second-order valence-corrected chi connectivity index (χ2v) is 5.28. The van der Waals surface area contributed by atoms with Gasteiger partial charge >= 0.3 is 5.97 Å². The molecule has 8 heteroatoms. The van der Waals surface area contributed by atoms with Crippen molar-refractivity contribution in [1.82, 2.24) is 5.32 Å². The number of ether oxygens (including phenoxy) is 1.